The number of carbonyl (C=O) groups is 4. The molecular formula is C21H30N4O8. The van der Waals surface area contributed by atoms with Gasteiger partial charge in [-0.15, -0.1) is 0 Å². The summed E-state index contributed by atoms with van der Waals surface area (Å²) in [4.78, 5) is 50.4. The van der Waals surface area contributed by atoms with Crippen LogP contribution in [-0.2, 0) is 25.6 Å². The van der Waals surface area contributed by atoms with Gasteiger partial charge in [0.25, 0.3) is 0 Å². The van der Waals surface area contributed by atoms with Gasteiger partial charge in [0, 0.05) is 6.54 Å². The highest BCUT2D eigenvalue weighted by atomic mass is 16.4. The Morgan fingerprint density at radius 1 is 1.18 bits per heavy atom. The molecule has 0 aliphatic carbocycles. The molecule has 0 spiro atoms. The van der Waals surface area contributed by atoms with E-state index in [-0.39, 0.29) is 25.1 Å². The van der Waals surface area contributed by atoms with Crippen molar-refractivity contribution in [3.8, 4) is 5.75 Å². The van der Waals surface area contributed by atoms with Gasteiger partial charge < -0.3 is 41.7 Å². The fraction of sp³-hybridized carbons (Fsp3) is 0.524. The highest BCUT2D eigenvalue weighted by molar-refractivity contribution is 5.94. The minimum Gasteiger partial charge on any atom is -0.508 e. The Balaban J connectivity index is 2.02. The van der Waals surface area contributed by atoms with Gasteiger partial charge in [0.1, 0.15) is 17.8 Å². The van der Waals surface area contributed by atoms with Gasteiger partial charge in [-0.25, -0.2) is 4.79 Å². The molecule has 2 rings (SSSR count). The van der Waals surface area contributed by atoms with Crippen LogP contribution in [0.2, 0.25) is 0 Å². The Bertz CT molecular complexity index is 860. The monoisotopic (exact) mass is 466 g/mol. The number of nitrogens with zero attached hydrogens (tertiary/aromatic N) is 1. The average molecular weight is 466 g/mol. The normalized spacial score (nSPS) is 19.3. The summed E-state index contributed by atoms with van der Waals surface area (Å²) in [6, 6.07) is 1.18. The number of phenols is 1. The van der Waals surface area contributed by atoms with Gasteiger partial charge in [0.2, 0.25) is 17.7 Å². The van der Waals surface area contributed by atoms with Crippen molar-refractivity contribution in [1.82, 2.24) is 15.5 Å². The number of hydrogen-bond donors (Lipinski definition) is 7. The van der Waals surface area contributed by atoms with Crippen LogP contribution in [0, 0.1) is 0 Å². The SMILES string of the molecule is CC(O)C(NC(=O)C1CCCN1C(=O)C(CO)NC(=O)C(N)Cc1ccc(O)cc1)C(=O)O. The molecule has 5 unspecified atom stereocenters. The predicted molar refractivity (Wildman–Crippen MR) is 115 cm³/mol. The Morgan fingerprint density at radius 3 is 2.36 bits per heavy atom. The highest BCUT2D eigenvalue weighted by Gasteiger charge is 2.39. The van der Waals surface area contributed by atoms with Crippen molar-refractivity contribution in [2.75, 3.05) is 13.2 Å². The number of likely N-dealkylation sites (tertiary alicyclic amines) is 1. The second-order valence-electron chi connectivity index (χ2n) is 7.98. The number of carboxylic acid groups (broad SMARTS) is 1. The van der Waals surface area contributed by atoms with Crippen molar-refractivity contribution in [2.24, 2.45) is 5.73 Å². The number of aromatic hydroxyl groups is 1. The van der Waals surface area contributed by atoms with Crippen molar-refractivity contribution < 1.29 is 39.6 Å². The van der Waals surface area contributed by atoms with Crippen molar-refractivity contribution in [3.05, 3.63) is 29.8 Å². The first-order valence-corrected chi connectivity index (χ1v) is 10.5. The quantitative estimate of drug-likeness (QED) is 0.197. The molecule has 8 N–H and O–H groups in total. The Labute approximate surface area is 190 Å². The highest BCUT2D eigenvalue weighted by Crippen LogP contribution is 2.19. The minimum atomic E-state index is -1.54. The summed E-state index contributed by atoms with van der Waals surface area (Å²) in [6.45, 7) is 0.664. The molecule has 1 heterocycles. The summed E-state index contributed by atoms with van der Waals surface area (Å²) in [5.41, 5.74) is 6.59. The number of aliphatic hydroxyl groups excluding tert-OH is 2. The molecule has 1 saturated heterocycles. The molecule has 182 valence electrons. The lowest BCUT2D eigenvalue weighted by atomic mass is 10.1. The van der Waals surface area contributed by atoms with E-state index in [1.54, 1.807) is 12.1 Å². The van der Waals surface area contributed by atoms with Gasteiger partial charge >= 0.3 is 5.97 Å². The molecule has 5 atom stereocenters. The van der Waals surface area contributed by atoms with Crippen molar-refractivity contribution in [1.29, 1.82) is 0 Å². The van der Waals surface area contributed by atoms with E-state index >= 15 is 0 Å². The van der Waals surface area contributed by atoms with E-state index < -0.39 is 60.6 Å². The number of rotatable bonds is 10. The van der Waals surface area contributed by atoms with Crippen LogP contribution in [0.3, 0.4) is 0 Å². The number of benzene rings is 1. The first-order valence-electron chi connectivity index (χ1n) is 10.5. The lowest BCUT2D eigenvalue weighted by Crippen LogP contribution is -2.58. The molecule has 3 amide bonds. The van der Waals surface area contributed by atoms with Gasteiger partial charge in [-0.1, -0.05) is 12.1 Å². The maximum Gasteiger partial charge on any atom is 0.328 e. The number of aliphatic hydroxyl groups is 2. The van der Waals surface area contributed by atoms with Crippen LogP contribution in [0.25, 0.3) is 0 Å². The van der Waals surface area contributed by atoms with Crippen molar-refractivity contribution in [2.45, 2.75) is 56.5 Å². The van der Waals surface area contributed by atoms with Gasteiger partial charge in [-0.3, -0.25) is 14.4 Å². The molecule has 0 aromatic heterocycles. The third-order valence-electron chi connectivity index (χ3n) is 5.41. The van der Waals surface area contributed by atoms with E-state index in [2.05, 4.69) is 10.6 Å². The van der Waals surface area contributed by atoms with Crippen LogP contribution < -0.4 is 16.4 Å². The fourth-order valence-corrected chi connectivity index (χ4v) is 3.58. The molecular weight excluding hydrogens is 436 g/mol. The molecule has 12 nitrogen and oxygen atoms in total. The average Bonchev–Trinajstić information content (AvgIpc) is 3.26. The number of nitrogens with two attached hydrogens (primary N) is 1. The molecule has 12 heteroatoms. The van der Waals surface area contributed by atoms with Crippen LogP contribution in [0.5, 0.6) is 5.75 Å². The maximum atomic E-state index is 12.9. The van der Waals surface area contributed by atoms with E-state index in [1.807, 2.05) is 0 Å². The topological polar surface area (TPSA) is 203 Å². The van der Waals surface area contributed by atoms with Crippen LogP contribution in [-0.4, -0.2) is 92.4 Å². The predicted octanol–water partition coefficient (Wildman–Crippen LogP) is -2.32. The van der Waals surface area contributed by atoms with E-state index in [0.29, 0.717) is 12.0 Å². The van der Waals surface area contributed by atoms with E-state index in [9.17, 15) is 34.5 Å². The number of aliphatic carboxylic acids is 1. The summed E-state index contributed by atoms with van der Waals surface area (Å²) in [5.74, 6) is -3.49. The number of hydrogen-bond acceptors (Lipinski definition) is 8. The number of carbonyl (C=O) groups excluding carboxylic acids is 3. The second-order valence-corrected chi connectivity index (χ2v) is 7.98. The number of carboxylic acids is 1. The van der Waals surface area contributed by atoms with Crippen LogP contribution in [0.4, 0.5) is 0 Å². The third kappa shape index (κ3) is 6.88. The molecule has 1 fully saturated rings. The fourth-order valence-electron chi connectivity index (χ4n) is 3.58. The van der Waals surface area contributed by atoms with E-state index in [4.69, 9.17) is 10.8 Å². The zero-order chi connectivity index (χ0) is 24.7. The van der Waals surface area contributed by atoms with E-state index in [1.165, 1.54) is 24.0 Å². The van der Waals surface area contributed by atoms with Crippen LogP contribution in [0.15, 0.2) is 24.3 Å². The first-order chi connectivity index (χ1) is 15.5. The van der Waals surface area contributed by atoms with Gasteiger partial charge in [0.15, 0.2) is 6.04 Å². The Hall–Kier alpha value is -3.22. The summed E-state index contributed by atoms with van der Waals surface area (Å²) >= 11 is 0. The van der Waals surface area contributed by atoms with Crippen LogP contribution >= 0.6 is 0 Å². The molecule has 0 saturated carbocycles. The number of nitrogens with one attached hydrogen (secondary N) is 2. The molecule has 1 aromatic rings. The van der Waals surface area contributed by atoms with Crippen molar-refractivity contribution in [3.63, 3.8) is 0 Å². The second kappa shape index (κ2) is 11.6. The van der Waals surface area contributed by atoms with Gasteiger partial charge in [-0.2, -0.15) is 0 Å². The molecule has 0 radical (unpaired) electrons. The number of amides is 3. The summed E-state index contributed by atoms with van der Waals surface area (Å²) < 4.78 is 0. The minimum absolute atomic E-state index is 0.0649. The first kappa shape index (κ1) is 26.0. The summed E-state index contributed by atoms with van der Waals surface area (Å²) in [6.07, 6.45) is -0.501. The van der Waals surface area contributed by atoms with Gasteiger partial charge in [-0.05, 0) is 43.9 Å². The van der Waals surface area contributed by atoms with Gasteiger partial charge in [0.05, 0.1) is 18.8 Å². The standard InChI is InChI=1S/C21H30N4O8/c1-11(27)17(21(32)33)24-19(30)16-3-2-8-25(16)20(31)15(10-26)23-18(29)14(22)9-12-4-6-13(28)7-5-12/h4-7,11,14-17,26-28H,2-3,8-10,22H2,1H3,(H,23,29)(H,24,30)(H,32,33). The zero-order valence-electron chi connectivity index (χ0n) is 18.2. The lowest BCUT2D eigenvalue weighted by Gasteiger charge is -2.29. The third-order valence-corrected chi connectivity index (χ3v) is 5.41. The number of phenolic OH excluding ortho intramolecular Hbond substituents is 1. The molecule has 1 aliphatic heterocycles. The maximum absolute atomic E-state index is 12.9. The smallest absolute Gasteiger partial charge is 0.328 e. The molecule has 33 heavy (non-hydrogen) atoms. The zero-order valence-corrected chi connectivity index (χ0v) is 18.2. The molecule has 1 aliphatic rings. The van der Waals surface area contributed by atoms with Crippen LogP contribution in [0.1, 0.15) is 25.3 Å². The lowest BCUT2D eigenvalue weighted by molar-refractivity contribution is -0.147. The molecule has 1 aromatic carbocycles. The largest absolute Gasteiger partial charge is 0.508 e. The Morgan fingerprint density at radius 2 is 1.82 bits per heavy atom. The Kier molecular flexibility index (Phi) is 9.14. The van der Waals surface area contributed by atoms with E-state index in [0.717, 1.165) is 0 Å². The summed E-state index contributed by atoms with van der Waals surface area (Å²) in [7, 11) is 0. The molecule has 0 bridgehead atoms. The summed E-state index contributed by atoms with van der Waals surface area (Å²) in [5, 5.41) is 42.3. The van der Waals surface area contributed by atoms with Crippen molar-refractivity contribution >= 4 is 23.7 Å².